The van der Waals surface area contributed by atoms with Crippen LogP contribution in [0.25, 0.3) is 0 Å². The quantitative estimate of drug-likeness (QED) is 0.835. The molecule has 0 aliphatic carbocycles. The highest BCUT2D eigenvalue weighted by Gasteiger charge is 2.00. The van der Waals surface area contributed by atoms with E-state index in [0.29, 0.717) is 24.9 Å². The Morgan fingerprint density at radius 1 is 1.15 bits per heavy atom. The number of methoxy groups -OCH3 is 1. The van der Waals surface area contributed by atoms with Crippen molar-refractivity contribution in [2.24, 2.45) is 0 Å². The van der Waals surface area contributed by atoms with Crippen molar-refractivity contribution in [3.63, 3.8) is 0 Å². The molecule has 0 spiro atoms. The first-order chi connectivity index (χ1) is 9.81. The number of rotatable bonds is 7. The van der Waals surface area contributed by atoms with Crippen LogP contribution in [0, 0.1) is 0 Å². The second-order valence-electron chi connectivity index (χ2n) is 4.15. The number of nitrogens with one attached hydrogen (secondary N) is 1. The van der Waals surface area contributed by atoms with Gasteiger partial charge in [-0.1, -0.05) is 13.0 Å². The lowest BCUT2D eigenvalue weighted by Gasteiger charge is -2.08. The van der Waals surface area contributed by atoms with Crippen LogP contribution >= 0.6 is 0 Å². The van der Waals surface area contributed by atoms with Gasteiger partial charge in [0, 0.05) is 24.9 Å². The van der Waals surface area contributed by atoms with Gasteiger partial charge in [-0.3, -0.25) is 0 Å². The normalized spacial score (nSPS) is 10.1. The maximum absolute atomic E-state index is 5.46. The summed E-state index contributed by atoms with van der Waals surface area (Å²) in [5.41, 5.74) is 1.04. The van der Waals surface area contributed by atoms with Crippen molar-refractivity contribution in [1.82, 2.24) is 15.0 Å². The smallest absolute Gasteiger partial charge is 0.218 e. The van der Waals surface area contributed by atoms with Crippen molar-refractivity contribution >= 4 is 5.82 Å². The molecule has 0 aliphatic rings. The van der Waals surface area contributed by atoms with E-state index in [1.54, 1.807) is 19.4 Å². The lowest BCUT2D eigenvalue weighted by Crippen LogP contribution is -2.04. The molecule has 2 heterocycles. The molecule has 0 aliphatic heterocycles. The Bertz CT molecular complexity index is 531. The van der Waals surface area contributed by atoms with Gasteiger partial charge in [0.2, 0.25) is 11.8 Å². The molecule has 2 aromatic heterocycles. The third kappa shape index (κ3) is 4.08. The number of pyridine rings is 1. The summed E-state index contributed by atoms with van der Waals surface area (Å²) >= 11 is 0. The highest BCUT2D eigenvalue weighted by atomic mass is 16.5. The largest absolute Gasteiger partial charge is 0.481 e. The zero-order chi connectivity index (χ0) is 14.2. The van der Waals surface area contributed by atoms with Gasteiger partial charge in [-0.2, -0.15) is 0 Å². The van der Waals surface area contributed by atoms with Crippen LogP contribution in [-0.4, -0.2) is 28.7 Å². The SMILES string of the molecule is CCCOc1cc(NCc2ccc(OC)nc2)ncn1. The summed E-state index contributed by atoms with van der Waals surface area (Å²) in [6.07, 6.45) is 4.20. The van der Waals surface area contributed by atoms with E-state index in [1.807, 2.05) is 12.1 Å². The second-order valence-corrected chi connectivity index (χ2v) is 4.15. The number of nitrogens with zero attached hydrogens (tertiary/aromatic N) is 3. The van der Waals surface area contributed by atoms with Crippen LogP contribution in [0.1, 0.15) is 18.9 Å². The Morgan fingerprint density at radius 3 is 2.75 bits per heavy atom. The second kappa shape index (κ2) is 7.28. The van der Waals surface area contributed by atoms with Gasteiger partial charge in [-0.15, -0.1) is 0 Å². The summed E-state index contributed by atoms with van der Waals surface area (Å²) in [4.78, 5) is 12.3. The van der Waals surface area contributed by atoms with Gasteiger partial charge in [-0.25, -0.2) is 15.0 Å². The zero-order valence-electron chi connectivity index (χ0n) is 11.7. The maximum atomic E-state index is 5.46. The van der Waals surface area contributed by atoms with Crippen LogP contribution in [0.5, 0.6) is 11.8 Å². The Labute approximate surface area is 118 Å². The number of anilines is 1. The molecule has 20 heavy (non-hydrogen) atoms. The van der Waals surface area contributed by atoms with Crippen molar-refractivity contribution in [3.8, 4) is 11.8 Å². The average Bonchev–Trinajstić information content (AvgIpc) is 2.52. The van der Waals surface area contributed by atoms with Gasteiger partial charge in [0.1, 0.15) is 12.1 Å². The molecule has 0 radical (unpaired) electrons. The van der Waals surface area contributed by atoms with Crippen LogP contribution in [0.2, 0.25) is 0 Å². The van der Waals surface area contributed by atoms with Gasteiger partial charge in [-0.05, 0) is 12.0 Å². The fourth-order valence-electron chi connectivity index (χ4n) is 1.55. The number of ether oxygens (including phenoxy) is 2. The van der Waals surface area contributed by atoms with Gasteiger partial charge in [0.05, 0.1) is 13.7 Å². The summed E-state index contributed by atoms with van der Waals surface area (Å²) in [5, 5.41) is 3.20. The van der Waals surface area contributed by atoms with Crippen LogP contribution < -0.4 is 14.8 Å². The van der Waals surface area contributed by atoms with E-state index in [4.69, 9.17) is 9.47 Å². The third-order valence-corrected chi connectivity index (χ3v) is 2.58. The monoisotopic (exact) mass is 274 g/mol. The predicted molar refractivity (Wildman–Crippen MR) is 75.9 cm³/mol. The highest BCUT2D eigenvalue weighted by Crippen LogP contribution is 2.13. The molecule has 0 saturated heterocycles. The lowest BCUT2D eigenvalue weighted by molar-refractivity contribution is 0.305. The van der Waals surface area contributed by atoms with E-state index in [1.165, 1.54) is 6.33 Å². The zero-order valence-corrected chi connectivity index (χ0v) is 11.7. The third-order valence-electron chi connectivity index (χ3n) is 2.58. The molecule has 0 saturated carbocycles. The molecule has 0 fully saturated rings. The van der Waals surface area contributed by atoms with E-state index >= 15 is 0 Å². The van der Waals surface area contributed by atoms with Crippen LogP contribution in [-0.2, 0) is 6.54 Å². The predicted octanol–water partition coefficient (Wildman–Crippen LogP) is 2.28. The van der Waals surface area contributed by atoms with Crippen molar-refractivity contribution in [3.05, 3.63) is 36.3 Å². The molecule has 6 heteroatoms. The van der Waals surface area contributed by atoms with Gasteiger partial charge < -0.3 is 14.8 Å². The van der Waals surface area contributed by atoms with E-state index in [9.17, 15) is 0 Å². The van der Waals surface area contributed by atoms with Crippen LogP contribution in [0.3, 0.4) is 0 Å². The molecule has 0 atom stereocenters. The Hall–Kier alpha value is -2.37. The average molecular weight is 274 g/mol. The van der Waals surface area contributed by atoms with Gasteiger partial charge in [0.25, 0.3) is 0 Å². The van der Waals surface area contributed by atoms with Crippen LogP contribution in [0.4, 0.5) is 5.82 Å². The number of hydrogen-bond donors (Lipinski definition) is 1. The van der Waals surface area contributed by atoms with E-state index in [2.05, 4.69) is 27.2 Å². The molecular formula is C14H18N4O2. The van der Waals surface area contributed by atoms with Gasteiger partial charge in [0.15, 0.2) is 0 Å². The summed E-state index contributed by atoms with van der Waals surface area (Å²) in [6.45, 7) is 3.33. The first-order valence-corrected chi connectivity index (χ1v) is 6.49. The molecule has 2 aromatic rings. The fourth-order valence-corrected chi connectivity index (χ4v) is 1.55. The van der Waals surface area contributed by atoms with E-state index in [-0.39, 0.29) is 0 Å². The van der Waals surface area contributed by atoms with Crippen LogP contribution in [0.15, 0.2) is 30.7 Å². The number of hydrogen-bond acceptors (Lipinski definition) is 6. The summed E-state index contributed by atoms with van der Waals surface area (Å²) in [6, 6.07) is 5.56. The minimum Gasteiger partial charge on any atom is -0.481 e. The Balaban J connectivity index is 1.92. The van der Waals surface area contributed by atoms with E-state index in [0.717, 1.165) is 17.8 Å². The molecule has 1 N–H and O–H groups in total. The topological polar surface area (TPSA) is 69.2 Å². The Morgan fingerprint density at radius 2 is 2.05 bits per heavy atom. The molecular weight excluding hydrogens is 256 g/mol. The first-order valence-electron chi connectivity index (χ1n) is 6.49. The lowest BCUT2D eigenvalue weighted by atomic mass is 10.3. The van der Waals surface area contributed by atoms with Crippen molar-refractivity contribution in [2.75, 3.05) is 19.0 Å². The summed E-state index contributed by atoms with van der Waals surface area (Å²) in [7, 11) is 1.60. The van der Waals surface area contributed by atoms with Crippen molar-refractivity contribution < 1.29 is 9.47 Å². The fraction of sp³-hybridized carbons (Fsp3) is 0.357. The summed E-state index contributed by atoms with van der Waals surface area (Å²) < 4.78 is 10.5. The molecule has 0 aromatic carbocycles. The molecule has 2 rings (SSSR count). The minimum absolute atomic E-state index is 0.581. The molecule has 0 bridgehead atoms. The van der Waals surface area contributed by atoms with Crippen molar-refractivity contribution in [1.29, 1.82) is 0 Å². The van der Waals surface area contributed by atoms with Gasteiger partial charge >= 0.3 is 0 Å². The maximum Gasteiger partial charge on any atom is 0.218 e. The first kappa shape index (κ1) is 14.0. The molecule has 0 amide bonds. The molecule has 6 nitrogen and oxygen atoms in total. The standard InChI is InChI=1S/C14H18N4O2/c1-3-6-20-14-7-12(17-10-18-14)15-8-11-4-5-13(19-2)16-9-11/h4-5,7,9-10H,3,6,8H2,1-2H3,(H,15,17,18). The van der Waals surface area contributed by atoms with E-state index < -0.39 is 0 Å². The minimum atomic E-state index is 0.581. The highest BCUT2D eigenvalue weighted by molar-refractivity contribution is 5.38. The molecule has 0 unspecified atom stereocenters. The summed E-state index contributed by atoms with van der Waals surface area (Å²) in [5.74, 6) is 1.91. The molecule has 106 valence electrons. The number of aromatic nitrogens is 3. The Kier molecular flexibility index (Phi) is 5.11. The van der Waals surface area contributed by atoms with Crippen molar-refractivity contribution in [2.45, 2.75) is 19.9 Å².